The van der Waals surface area contributed by atoms with Gasteiger partial charge >= 0.3 is 5.97 Å². The zero-order valence-corrected chi connectivity index (χ0v) is 12.1. The van der Waals surface area contributed by atoms with Gasteiger partial charge in [0.25, 0.3) is 0 Å². The lowest BCUT2D eigenvalue weighted by Crippen LogP contribution is -2.36. The standard InChI is InChI=1S/C15H20FNO3/c1-10-14(6-7-20-10)17(2)9-11-4-5-12(13(16)8-11)15(18)19-3/h4-5,8,10,14H,6-7,9H2,1-3H3. The molecule has 0 radical (unpaired) electrons. The Labute approximate surface area is 118 Å². The first kappa shape index (κ1) is 14.9. The van der Waals surface area contributed by atoms with E-state index in [0.29, 0.717) is 12.6 Å². The summed E-state index contributed by atoms with van der Waals surface area (Å²) in [6, 6.07) is 4.97. The maximum absolute atomic E-state index is 13.8. The molecule has 110 valence electrons. The Kier molecular flexibility index (Phi) is 4.73. The van der Waals surface area contributed by atoms with Gasteiger partial charge in [-0.2, -0.15) is 0 Å². The Bertz CT molecular complexity index is 492. The highest BCUT2D eigenvalue weighted by Gasteiger charge is 2.27. The van der Waals surface area contributed by atoms with Crippen molar-refractivity contribution in [2.75, 3.05) is 20.8 Å². The Morgan fingerprint density at radius 1 is 1.55 bits per heavy atom. The zero-order chi connectivity index (χ0) is 14.7. The van der Waals surface area contributed by atoms with Crippen LogP contribution in [0.4, 0.5) is 4.39 Å². The predicted octanol–water partition coefficient (Wildman–Crippen LogP) is 2.22. The lowest BCUT2D eigenvalue weighted by molar-refractivity contribution is 0.0595. The molecule has 2 unspecified atom stereocenters. The first-order chi connectivity index (χ1) is 9.52. The van der Waals surface area contributed by atoms with Crippen molar-refractivity contribution in [1.82, 2.24) is 4.90 Å². The molecule has 0 aromatic heterocycles. The number of nitrogens with zero attached hydrogens (tertiary/aromatic N) is 1. The van der Waals surface area contributed by atoms with Crippen molar-refractivity contribution in [2.45, 2.75) is 32.0 Å². The van der Waals surface area contributed by atoms with Crippen LogP contribution in [0.25, 0.3) is 0 Å². The van der Waals surface area contributed by atoms with Crippen molar-refractivity contribution in [2.24, 2.45) is 0 Å². The van der Waals surface area contributed by atoms with Crippen LogP contribution < -0.4 is 0 Å². The molecule has 1 aromatic carbocycles. The smallest absolute Gasteiger partial charge is 0.340 e. The number of benzene rings is 1. The van der Waals surface area contributed by atoms with Gasteiger partial charge in [0.1, 0.15) is 5.82 Å². The molecule has 4 nitrogen and oxygen atoms in total. The van der Waals surface area contributed by atoms with Crippen LogP contribution in [-0.2, 0) is 16.0 Å². The van der Waals surface area contributed by atoms with E-state index in [0.717, 1.165) is 18.6 Å². The SMILES string of the molecule is COC(=O)c1ccc(CN(C)C2CCOC2C)cc1F. The van der Waals surface area contributed by atoms with Crippen LogP contribution in [0.5, 0.6) is 0 Å². The van der Waals surface area contributed by atoms with Crippen molar-refractivity contribution in [3.05, 3.63) is 35.1 Å². The number of ether oxygens (including phenoxy) is 2. The maximum atomic E-state index is 13.8. The minimum Gasteiger partial charge on any atom is -0.465 e. The summed E-state index contributed by atoms with van der Waals surface area (Å²) in [5, 5.41) is 0. The van der Waals surface area contributed by atoms with E-state index < -0.39 is 11.8 Å². The number of rotatable bonds is 4. The van der Waals surface area contributed by atoms with Gasteiger partial charge in [0, 0.05) is 19.2 Å². The van der Waals surface area contributed by atoms with Gasteiger partial charge < -0.3 is 9.47 Å². The van der Waals surface area contributed by atoms with Crippen LogP contribution in [-0.4, -0.2) is 43.8 Å². The quantitative estimate of drug-likeness (QED) is 0.793. The summed E-state index contributed by atoms with van der Waals surface area (Å²) in [5.41, 5.74) is 0.799. The molecule has 0 amide bonds. The summed E-state index contributed by atoms with van der Waals surface area (Å²) in [5.74, 6) is -1.20. The normalized spacial score (nSPS) is 22.2. The van der Waals surface area contributed by atoms with Crippen LogP contribution in [0.1, 0.15) is 29.3 Å². The number of methoxy groups -OCH3 is 1. The fourth-order valence-electron chi connectivity index (χ4n) is 2.64. The molecule has 0 N–H and O–H groups in total. The third kappa shape index (κ3) is 3.16. The molecule has 5 heteroatoms. The molecule has 0 spiro atoms. The Morgan fingerprint density at radius 2 is 2.30 bits per heavy atom. The van der Waals surface area contributed by atoms with Gasteiger partial charge in [0.05, 0.1) is 18.8 Å². The number of hydrogen-bond donors (Lipinski definition) is 0. The number of carbonyl (C=O) groups is 1. The molecule has 2 atom stereocenters. The summed E-state index contributed by atoms with van der Waals surface area (Å²) < 4.78 is 23.9. The van der Waals surface area contributed by atoms with Crippen LogP contribution in [0.2, 0.25) is 0 Å². The maximum Gasteiger partial charge on any atom is 0.340 e. The van der Waals surface area contributed by atoms with E-state index in [1.807, 2.05) is 7.05 Å². The Balaban J connectivity index is 2.06. The second-order valence-electron chi connectivity index (χ2n) is 5.15. The molecular formula is C15H20FNO3. The third-order valence-corrected chi connectivity index (χ3v) is 3.77. The molecule has 1 aromatic rings. The number of likely N-dealkylation sites (N-methyl/N-ethyl adjacent to an activating group) is 1. The van der Waals surface area contributed by atoms with Crippen molar-refractivity contribution in [1.29, 1.82) is 0 Å². The van der Waals surface area contributed by atoms with E-state index in [4.69, 9.17) is 4.74 Å². The second-order valence-corrected chi connectivity index (χ2v) is 5.15. The van der Waals surface area contributed by atoms with E-state index >= 15 is 0 Å². The average Bonchev–Trinajstić information content (AvgIpc) is 2.84. The van der Waals surface area contributed by atoms with Crippen molar-refractivity contribution >= 4 is 5.97 Å². The monoisotopic (exact) mass is 281 g/mol. The summed E-state index contributed by atoms with van der Waals surface area (Å²) >= 11 is 0. The first-order valence-corrected chi connectivity index (χ1v) is 6.71. The van der Waals surface area contributed by atoms with Crippen molar-refractivity contribution in [3.63, 3.8) is 0 Å². The molecule has 0 bridgehead atoms. The minimum atomic E-state index is -0.653. The summed E-state index contributed by atoms with van der Waals surface area (Å²) in [6.07, 6.45) is 1.18. The highest BCUT2D eigenvalue weighted by atomic mass is 19.1. The summed E-state index contributed by atoms with van der Waals surface area (Å²) in [7, 11) is 3.24. The van der Waals surface area contributed by atoms with Crippen LogP contribution in [0.3, 0.4) is 0 Å². The van der Waals surface area contributed by atoms with Crippen LogP contribution in [0, 0.1) is 5.82 Å². The fourth-order valence-corrected chi connectivity index (χ4v) is 2.64. The summed E-state index contributed by atoms with van der Waals surface area (Å²) in [6.45, 7) is 3.44. The van der Waals surface area contributed by atoms with E-state index in [2.05, 4.69) is 16.6 Å². The zero-order valence-electron chi connectivity index (χ0n) is 12.1. The van der Waals surface area contributed by atoms with Crippen molar-refractivity contribution < 1.29 is 18.7 Å². The van der Waals surface area contributed by atoms with Gasteiger partial charge in [0.15, 0.2) is 0 Å². The number of esters is 1. The predicted molar refractivity (Wildman–Crippen MR) is 73.0 cm³/mol. The van der Waals surface area contributed by atoms with E-state index in [9.17, 15) is 9.18 Å². The molecule has 2 rings (SSSR count). The van der Waals surface area contributed by atoms with Gasteiger partial charge in [-0.25, -0.2) is 9.18 Å². The van der Waals surface area contributed by atoms with Gasteiger partial charge in [-0.15, -0.1) is 0 Å². The van der Waals surface area contributed by atoms with Gasteiger partial charge in [-0.05, 0) is 38.1 Å². The van der Waals surface area contributed by atoms with E-state index in [1.165, 1.54) is 19.2 Å². The van der Waals surface area contributed by atoms with Crippen molar-refractivity contribution in [3.8, 4) is 0 Å². The lowest BCUT2D eigenvalue weighted by atomic mass is 10.1. The molecule has 0 aliphatic carbocycles. The second kappa shape index (κ2) is 6.33. The van der Waals surface area contributed by atoms with Crippen LogP contribution >= 0.6 is 0 Å². The average molecular weight is 281 g/mol. The molecule has 1 heterocycles. The Hall–Kier alpha value is -1.46. The molecule has 1 aliphatic heterocycles. The molecular weight excluding hydrogens is 261 g/mol. The van der Waals surface area contributed by atoms with E-state index in [1.54, 1.807) is 6.07 Å². The number of hydrogen-bond acceptors (Lipinski definition) is 4. The first-order valence-electron chi connectivity index (χ1n) is 6.71. The third-order valence-electron chi connectivity index (χ3n) is 3.77. The molecule has 1 fully saturated rings. The molecule has 1 saturated heterocycles. The van der Waals surface area contributed by atoms with Gasteiger partial charge in [-0.1, -0.05) is 6.07 Å². The summed E-state index contributed by atoms with van der Waals surface area (Å²) in [4.78, 5) is 13.5. The van der Waals surface area contributed by atoms with Crippen LogP contribution in [0.15, 0.2) is 18.2 Å². The molecule has 20 heavy (non-hydrogen) atoms. The Morgan fingerprint density at radius 3 is 2.85 bits per heavy atom. The highest BCUT2D eigenvalue weighted by molar-refractivity contribution is 5.89. The molecule has 0 saturated carbocycles. The highest BCUT2D eigenvalue weighted by Crippen LogP contribution is 2.21. The largest absolute Gasteiger partial charge is 0.465 e. The van der Waals surface area contributed by atoms with Gasteiger partial charge in [0.2, 0.25) is 0 Å². The fraction of sp³-hybridized carbons (Fsp3) is 0.533. The topological polar surface area (TPSA) is 38.8 Å². The van der Waals surface area contributed by atoms with E-state index in [-0.39, 0.29) is 11.7 Å². The molecule has 1 aliphatic rings. The number of halogens is 1. The lowest BCUT2D eigenvalue weighted by Gasteiger charge is -2.26. The van der Waals surface area contributed by atoms with Gasteiger partial charge in [-0.3, -0.25) is 4.90 Å². The minimum absolute atomic E-state index is 0.0310. The number of carbonyl (C=O) groups excluding carboxylic acids is 1.